The first-order chi connectivity index (χ1) is 30.4. The first-order valence-corrected chi connectivity index (χ1v) is 23.7. The van der Waals surface area contributed by atoms with Crippen molar-refractivity contribution in [3.8, 4) is 0 Å². The van der Waals surface area contributed by atoms with Crippen LogP contribution in [-0.2, 0) is 71.1 Å². The summed E-state index contributed by atoms with van der Waals surface area (Å²) in [6.07, 6.45) is 17.7. The Morgan fingerprint density at radius 1 is 0.180 bits per heavy atom. The maximum Gasteiger partial charge on any atom is 0.0701 e. The monoisotopic (exact) mass is 889 g/mol. The maximum absolute atomic E-state index is 8.60. The summed E-state index contributed by atoms with van der Waals surface area (Å²) in [7, 11) is 0. The van der Waals surface area contributed by atoms with E-state index in [4.69, 9.17) is 76.2 Å². The molecule has 0 radical (unpaired) electrons. The van der Waals surface area contributed by atoms with Gasteiger partial charge in [0.1, 0.15) is 0 Å². The van der Waals surface area contributed by atoms with Crippen LogP contribution in [0.4, 0.5) is 0 Å². The molecular formula is C45H92O16. The van der Waals surface area contributed by atoms with Crippen molar-refractivity contribution in [1.29, 1.82) is 0 Å². The van der Waals surface area contributed by atoms with Crippen LogP contribution in [0.3, 0.4) is 0 Å². The van der Waals surface area contributed by atoms with E-state index in [1.54, 1.807) is 0 Å². The first kappa shape index (κ1) is 60.4. The highest BCUT2D eigenvalue weighted by molar-refractivity contribution is 4.49. The number of aliphatic hydroxyl groups is 1. The fourth-order valence-electron chi connectivity index (χ4n) is 5.47. The van der Waals surface area contributed by atoms with Gasteiger partial charge in [-0.25, -0.2) is 0 Å². The van der Waals surface area contributed by atoms with Gasteiger partial charge in [-0.05, 0) is 6.42 Å². The Kier molecular flexibility index (Phi) is 58.7. The fourth-order valence-corrected chi connectivity index (χ4v) is 5.47. The van der Waals surface area contributed by atoms with Crippen LogP contribution in [0.5, 0.6) is 0 Å². The van der Waals surface area contributed by atoms with Crippen molar-refractivity contribution in [1.82, 2.24) is 0 Å². The smallest absolute Gasteiger partial charge is 0.0701 e. The summed E-state index contributed by atoms with van der Waals surface area (Å²) >= 11 is 0. The lowest BCUT2D eigenvalue weighted by Gasteiger charge is -2.09. The van der Waals surface area contributed by atoms with Gasteiger partial charge in [0.2, 0.25) is 0 Å². The molecule has 61 heavy (non-hydrogen) atoms. The summed E-state index contributed by atoms with van der Waals surface area (Å²) in [4.78, 5) is 0. The average molecular weight is 889 g/mol. The van der Waals surface area contributed by atoms with E-state index in [2.05, 4.69) is 6.92 Å². The third kappa shape index (κ3) is 59.4. The van der Waals surface area contributed by atoms with Crippen LogP contribution in [0, 0.1) is 0 Å². The van der Waals surface area contributed by atoms with E-state index in [1.165, 1.54) is 77.0 Å². The van der Waals surface area contributed by atoms with Gasteiger partial charge in [0, 0.05) is 6.61 Å². The van der Waals surface area contributed by atoms with Crippen molar-refractivity contribution >= 4 is 0 Å². The Morgan fingerprint density at radius 2 is 0.328 bits per heavy atom. The SMILES string of the molecule is CCCCCCCCCCCCCCCOCCOCCOCCOCCOCCOCCOCCOCCOCCOCCOCCOCCOCCOCCOCCO. The zero-order valence-electron chi connectivity index (χ0n) is 38.7. The van der Waals surface area contributed by atoms with Crippen LogP contribution >= 0.6 is 0 Å². The Hall–Kier alpha value is -0.640. The van der Waals surface area contributed by atoms with E-state index in [0.29, 0.717) is 192 Å². The molecule has 16 nitrogen and oxygen atoms in total. The van der Waals surface area contributed by atoms with Gasteiger partial charge in [0.15, 0.2) is 0 Å². The van der Waals surface area contributed by atoms with Gasteiger partial charge in [-0.15, -0.1) is 0 Å². The molecular weight excluding hydrogens is 796 g/mol. The van der Waals surface area contributed by atoms with E-state index in [1.807, 2.05) is 0 Å². The molecule has 0 aromatic rings. The highest BCUT2D eigenvalue weighted by Gasteiger charge is 1.99. The predicted octanol–water partition coefficient (Wildman–Crippen LogP) is 5.32. The quantitative estimate of drug-likeness (QED) is 0.0782. The van der Waals surface area contributed by atoms with Crippen molar-refractivity contribution in [2.45, 2.75) is 90.4 Å². The molecule has 16 heteroatoms. The Bertz CT molecular complexity index is 687. The molecule has 0 atom stereocenters. The van der Waals surface area contributed by atoms with Crippen LogP contribution in [0.25, 0.3) is 0 Å². The summed E-state index contributed by atoms with van der Waals surface area (Å²) in [6, 6.07) is 0. The van der Waals surface area contributed by atoms with E-state index < -0.39 is 0 Å². The second-order valence-corrected chi connectivity index (χ2v) is 14.2. The molecule has 0 spiro atoms. The van der Waals surface area contributed by atoms with Gasteiger partial charge in [0.05, 0.1) is 198 Å². The Morgan fingerprint density at radius 3 is 0.508 bits per heavy atom. The Labute approximate surface area is 370 Å². The van der Waals surface area contributed by atoms with Crippen molar-refractivity contribution < 1.29 is 76.2 Å². The lowest BCUT2D eigenvalue weighted by molar-refractivity contribution is -0.0301. The number of unbranched alkanes of at least 4 members (excludes halogenated alkanes) is 12. The van der Waals surface area contributed by atoms with Crippen molar-refractivity contribution in [2.24, 2.45) is 0 Å². The van der Waals surface area contributed by atoms with Crippen LogP contribution in [0.2, 0.25) is 0 Å². The van der Waals surface area contributed by atoms with Crippen molar-refractivity contribution in [3.63, 3.8) is 0 Å². The van der Waals surface area contributed by atoms with Crippen LogP contribution in [0.1, 0.15) is 90.4 Å². The van der Waals surface area contributed by atoms with Gasteiger partial charge in [-0.1, -0.05) is 84.0 Å². The van der Waals surface area contributed by atoms with E-state index in [0.717, 1.165) is 13.0 Å². The van der Waals surface area contributed by atoms with Gasteiger partial charge in [-0.3, -0.25) is 0 Å². The molecule has 0 aliphatic heterocycles. The second kappa shape index (κ2) is 59.4. The van der Waals surface area contributed by atoms with E-state index in [9.17, 15) is 0 Å². The summed E-state index contributed by atoms with van der Waals surface area (Å²) in [5, 5.41) is 8.60. The van der Waals surface area contributed by atoms with Gasteiger partial charge >= 0.3 is 0 Å². The molecule has 1 N–H and O–H groups in total. The first-order valence-electron chi connectivity index (χ1n) is 23.7. The summed E-state index contributed by atoms with van der Waals surface area (Å²) < 4.78 is 82.2. The van der Waals surface area contributed by atoms with Gasteiger partial charge in [-0.2, -0.15) is 0 Å². The normalized spacial score (nSPS) is 11.7. The number of rotatable bonds is 58. The van der Waals surface area contributed by atoms with Crippen LogP contribution < -0.4 is 0 Å². The zero-order chi connectivity index (χ0) is 43.7. The van der Waals surface area contributed by atoms with Crippen LogP contribution in [-0.4, -0.2) is 210 Å². The minimum absolute atomic E-state index is 0.0237. The lowest BCUT2D eigenvalue weighted by Crippen LogP contribution is -2.15. The molecule has 0 fully saturated rings. The number of aliphatic hydroxyl groups excluding tert-OH is 1. The minimum atomic E-state index is 0.0237. The highest BCUT2D eigenvalue weighted by atomic mass is 16.6. The molecule has 0 unspecified atom stereocenters. The predicted molar refractivity (Wildman–Crippen MR) is 235 cm³/mol. The molecule has 0 amide bonds. The number of hydrogen-bond donors (Lipinski definition) is 1. The Balaban J connectivity index is 3.06. The third-order valence-electron chi connectivity index (χ3n) is 8.84. The number of ether oxygens (including phenoxy) is 15. The number of hydrogen-bond acceptors (Lipinski definition) is 16. The molecule has 368 valence electrons. The molecule has 0 aromatic carbocycles. The van der Waals surface area contributed by atoms with Gasteiger partial charge in [0.25, 0.3) is 0 Å². The topological polar surface area (TPSA) is 159 Å². The highest BCUT2D eigenvalue weighted by Crippen LogP contribution is 2.12. The molecule has 0 aliphatic rings. The van der Waals surface area contributed by atoms with E-state index >= 15 is 0 Å². The maximum atomic E-state index is 8.60. The molecule has 0 saturated carbocycles. The second-order valence-electron chi connectivity index (χ2n) is 14.2. The average Bonchev–Trinajstić information content (AvgIpc) is 3.27. The molecule has 0 bridgehead atoms. The standard InChI is InChI=1S/C45H92O16/c1-2-3-4-5-6-7-8-9-10-11-12-13-14-16-47-18-20-49-22-24-51-26-28-53-30-32-55-34-36-57-38-40-59-42-44-61-45-43-60-41-39-58-37-35-56-33-31-54-29-27-52-25-23-50-21-19-48-17-15-46/h46H,2-45H2,1H3. The largest absolute Gasteiger partial charge is 0.394 e. The molecule has 0 aromatic heterocycles. The van der Waals surface area contributed by atoms with Crippen molar-refractivity contribution in [2.75, 3.05) is 205 Å². The van der Waals surface area contributed by atoms with E-state index in [-0.39, 0.29) is 6.61 Å². The van der Waals surface area contributed by atoms with Crippen molar-refractivity contribution in [3.05, 3.63) is 0 Å². The molecule has 0 aliphatic carbocycles. The van der Waals surface area contributed by atoms with Gasteiger partial charge < -0.3 is 76.2 Å². The molecule has 0 rings (SSSR count). The lowest BCUT2D eigenvalue weighted by atomic mass is 10.0. The summed E-state index contributed by atoms with van der Waals surface area (Å²) in [6.45, 7) is 18.0. The fraction of sp³-hybridized carbons (Fsp3) is 1.00. The molecule has 0 heterocycles. The minimum Gasteiger partial charge on any atom is -0.394 e. The summed E-state index contributed by atoms with van der Waals surface area (Å²) in [5.74, 6) is 0. The van der Waals surface area contributed by atoms with Crippen LogP contribution in [0.15, 0.2) is 0 Å². The zero-order valence-corrected chi connectivity index (χ0v) is 38.7. The third-order valence-corrected chi connectivity index (χ3v) is 8.84. The summed E-state index contributed by atoms with van der Waals surface area (Å²) in [5.41, 5.74) is 0. The molecule has 0 saturated heterocycles.